The quantitative estimate of drug-likeness (QED) is 0.552. The van der Waals surface area contributed by atoms with Crippen molar-refractivity contribution < 1.29 is 14.6 Å². The van der Waals surface area contributed by atoms with Crippen LogP contribution >= 0.6 is 11.8 Å². The Bertz CT molecular complexity index is 366. The minimum atomic E-state index is -0.820. The van der Waals surface area contributed by atoms with E-state index in [1.807, 2.05) is 24.6 Å². The van der Waals surface area contributed by atoms with E-state index in [0.29, 0.717) is 0 Å². The molecular formula is C12H20N2O3S. The first-order valence-corrected chi connectivity index (χ1v) is 7.05. The predicted molar refractivity (Wildman–Crippen MR) is 70.9 cm³/mol. The summed E-state index contributed by atoms with van der Waals surface area (Å²) in [4.78, 5) is 14.6. The normalized spacial score (nSPS) is 11.1. The monoisotopic (exact) mass is 272 g/mol. The molecule has 0 amide bonds. The van der Waals surface area contributed by atoms with Crippen LogP contribution in [0.1, 0.15) is 26.7 Å². The molecule has 0 aliphatic heterocycles. The average Bonchev–Trinajstić information content (AvgIpc) is 2.73. The second kappa shape index (κ2) is 8.16. The number of ether oxygens (including phenoxy) is 1. The van der Waals surface area contributed by atoms with E-state index < -0.39 is 5.97 Å². The molecule has 0 atom stereocenters. The van der Waals surface area contributed by atoms with Gasteiger partial charge in [-0.05, 0) is 26.7 Å². The highest BCUT2D eigenvalue weighted by Gasteiger charge is 2.06. The molecule has 0 spiro atoms. The van der Waals surface area contributed by atoms with Crippen LogP contribution in [0.4, 0.5) is 0 Å². The number of rotatable bonds is 9. The molecule has 0 unspecified atom stereocenters. The van der Waals surface area contributed by atoms with Gasteiger partial charge in [-0.1, -0.05) is 11.8 Å². The summed E-state index contributed by atoms with van der Waals surface area (Å²) in [6, 6.07) is 0. The van der Waals surface area contributed by atoms with E-state index in [1.54, 1.807) is 6.20 Å². The molecule has 1 aromatic heterocycles. The highest BCUT2D eigenvalue weighted by Crippen LogP contribution is 2.16. The van der Waals surface area contributed by atoms with Gasteiger partial charge in [0.2, 0.25) is 0 Å². The fourth-order valence-electron chi connectivity index (χ4n) is 1.44. The summed E-state index contributed by atoms with van der Waals surface area (Å²) in [6.07, 6.45) is 5.87. The summed E-state index contributed by atoms with van der Waals surface area (Å²) in [5.74, 6) is -0.770. The van der Waals surface area contributed by atoms with E-state index >= 15 is 0 Å². The van der Waals surface area contributed by atoms with Crippen molar-refractivity contribution in [2.24, 2.45) is 0 Å². The first-order valence-electron chi connectivity index (χ1n) is 6.07. The van der Waals surface area contributed by atoms with Crippen LogP contribution in [0.25, 0.3) is 0 Å². The smallest absolute Gasteiger partial charge is 0.313 e. The third-order valence-corrected chi connectivity index (χ3v) is 3.24. The standard InChI is InChI=1S/C12H20N2O3S/c1-10(2)17-8-4-3-6-14-7-5-13-12(14)18-9-11(15)16/h5,7,10H,3-4,6,8-9H2,1-2H3,(H,15,16). The molecule has 5 nitrogen and oxygen atoms in total. The van der Waals surface area contributed by atoms with Gasteiger partial charge >= 0.3 is 5.97 Å². The molecule has 18 heavy (non-hydrogen) atoms. The zero-order valence-electron chi connectivity index (χ0n) is 10.8. The Hall–Kier alpha value is -1.01. The van der Waals surface area contributed by atoms with E-state index in [0.717, 1.165) is 31.1 Å². The Kier molecular flexibility index (Phi) is 6.82. The van der Waals surface area contributed by atoms with E-state index in [4.69, 9.17) is 9.84 Å². The van der Waals surface area contributed by atoms with Gasteiger partial charge in [-0.2, -0.15) is 0 Å². The van der Waals surface area contributed by atoms with Crippen LogP contribution in [-0.4, -0.2) is 39.1 Å². The SMILES string of the molecule is CC(C)OCCCCn1ccnc1SCC(=O)O. The maximum atomic E-state index is 10.5. The van der Waals surface area contributed by atoms with Crippen molar-refractivity contribution in [3.63, 3.8) is 0 Å². The van der Waals surface area contributed by atoms with E-state index in [9.17, 15) is 4.79 Å². The molecule has 6 heteroatoms. The number of aliphatic carboxylic acids is 1. The summed E-state index contributed by atoms with van der Waals surface area (Å²) >= 11 is 1.25. The number of nitrogens with zero attached hydrogens (tertiary/aromatic N) is 2. The number of unbranched alkanes of at least 4 members (excludes halogenated alkanes) is 1. The first kappa shape index (κ1) is 15.0. The minimum absolute atomic E-state index is 0.0491. The Morgan fingerprint density at radius 3 is 3.00 bits per heavy atom. The minimum Gasteiger partial charge on any atom is -0.481 e. The Morgan fingerprint density at radius 1 is 1.56 bits per heavy atom. The number of hydrogen-bond acceptors (Lipinski definition) is 4. The van der Waals surface area contributed by atoms with Gasteiger partial charge in [0.1, 0.15) is 0 Å². The van der Waals surface area contributed by atoms with Crippen LogP contribution in [0, 0.1) is 0 Å². The maximum Gasteiger partial charge on any atom is 0.313 e. The van der Waals surface area contributed by atoms with Gasteiger partial charge in [0.05, 0.1) is 11.9 Å². The van der Waals surface area contributed by atoms with Crippen LogP contribution in [-0.2, 0) is 16.1 Å². The fraction of sp³-hybridized carbons (Fsp3) is 0.667. The molecule has 0 radical (unpaired) electrons. The topological polar surface area (TPSA) is 64.4 Å². The van der Waals surface area contributed by atoms with Gasteiger partial charge in [-0.15, -0.1) is 0 Å². The van der Waals surface area contributed by atoms with Crippen LogP contribution < -0.4 is 0 Å². The zero-order chi connectivity index (χ0) is 13.4. The molecule has 1 N–H and O–H groups in total. The summed E-state index contributed by atoms with van der Waals surface area (Å²) in [5, 5.41) is 9.39. The molecule has 0 bridgehead atoms. The Morgan fingerprint density at radius 2 is 2.33 bits per heavy atom. The van der Waals surface area contributed by atoms with Crippen molar-refractivity contribution in [2.75, 3.05) is 12.4 Å². The highest BCUT2D eigenvalue weighted by atomic mass is 32.2. The highest BCUT2D eigenvalue weighted by molar-refractivity contribution is 7.99. The van der Waals surface area contributed by atoms with Crippen molar-refractivity contribution in [2.45, 2.75) is 44.5 Å². The van der Waals surface area contributed by atoms with Gasteiger partial charge in [-0.3, -0.25) is 4.79 Å². The number of imidazole rings is 1. The molecule has 0 saturated carbocycles. The third-order valence-electron chi connectivity index (χ3n) is 2.25. The summed E-state index contributed by atoms with van der Waals surface area (Å²) in [5.41, 5.74) is 0. The molecule has 0 saturated heterocycles. The second-order valence-electron chi connectivity index (χ2n) is 4.21. The molecule has 0 aliphatic carbocycles. The van der Waals surface area contributed by atoms with Crippen LogP contribution in [0.15, 0.2) is 17.6 Å². The van der Waals surface area contributed by atoms with Crippen molar-refractivity contribution in [1.29, 1.82) is 0 Å². The Labute approximate surface area is 112 Å². The average molecular weight is 272 g/mol. The number of hydrogen-bond donors (Lipinski definition) is 1. The van der Waals surface area contributed by atoms with Crippen molar-refractivity contribution in [3.8, 4) is 0 Å². The van der Waals surface area contributed by atoms with Crippen molar-refractivity contribution in [1.82, 2.24) is 9.55 Å². The van der Waals surface area contributed by atoms with Crippen LogP contribution in [0.2, 0.25) is 0 Å². The number of carbonyl (C=O) groups is 1. The third kappa shape index (κ3) is 6.07. The van der Waals surface area contributed by atoms with Gasteiger partial charge in [-0.25, -0.2) is 4.98 Å². The summed E-state index contributed by atoms with van der Waals surface area (Å²) < 4.78 is 7.45. The lowest BCUT2D eigenvalue weighted by atomic mass is 10.3. The molecule has 1 rings (SSSR count). The molecular weight excluding hydrogens is 252 g/mol. The molecule has 0 aromatic carbocycles. The van der Waals surface area contributed by atoms with Crippen molar-refractivity contribution >= 4 is 17.7 Å². The second-order valence-corrected chi connectivity index (χ2v) is 5.15. The van der Waals surface area contributed by atoms with Crippen molar-refractivity contribution in [3.05, 3.63) is 12.4 Å². The maximum absolute atomic E-state index is 10.5. The summed E-state index contributed by atoms with van der Waals surface area (Å²) in [6.45, 7) is 5.67. The largest absolute Gasteiger partial charge is 0.481 e. The lowest BCUT2D eigenvalue weighted by Gasteiger charge is -2.08. The van der Waals surface area contributed by atoms with E-state index in [1.165, 1.54) is 11.8 Å². The Balaban J connectivity index is 2.25. The predicted octanol–water partition coefficient (Wildman–Crippen LogP) is 2.26. The van der Waals surface area contributed by atoms with E-state index in [-0.39, 0.29) is 11.9 Å². The lowest BCUT2D eigenvalue weighted by Crippen LogP contribution is -2.06. The number of thioether (sulfide) groups is 1. The lowest BCUT2D eigenvalue weighted by molar-refractivity contribution is -0.133. The number of carboxylic acids is 1. The zero-order valence-corrected chi connectivity index (χ0v) is 11.7. The molecule has 0 fully saturated rings. The molecule has 1 aromatic rings. The fourth-order valence-corrected chi connectivity index (χ4v) is 2.14. The van der Waals surface area contributed by atoms with Gasteiger partial charge in [0.25, 0.3) is 0 Å². The van der Waals surface area contributed by atoms with Crippen LogP contribution in [0.3, 0.4) is 0 Å². The first-order chi connectivity index (χ1) is 8.59. The van der Waals surface area contributed by atoms with Gasteiger partial charge < -0.3 is 14.4 Å². The van der Waals surface area contributed by atoms with Crippen LogP contribution in [0.5, 0.6) is 0 Å². The van der Waals surface area contributed by atoms with Gasteiger partial charge in [0.15, 0.2) is 5.16 Å². The summed E-state index contributed by atoms with van der Waals surface area (Å²) in [7, 11) is 0. The number of aryl methyl sites for hydroxylation is 1. The number of aromatic nitrogens is 2. The molecule has 1 heterocycles. The number of carboxylic acid groups (broad SMARTS) is 1. The van der Waals surface area contributed by atoms with Gasteiger partial charge in [0, 0.05) is 25.5 Å². The molecule has 102 valence electrons. The van der Waals surface area contributed by atoms with E-state index in [2.05, 4.69) is 4.98 Å². The molecule has 0 aliphatic rings.